The fourth-order valence-electron chi connectivity index (χ4n) is 6.44. The maximum Gasteiger partial charge on any atom is 0.168 e. The minimum absolute atomic E-state index is 0. The molecule has 48 heavy (non-hydrogen) atoms. The van der Waals surface area contributed by atoms with Crippen molar-refractivity contribution in [3.8, 4) is 0 Å². The second-order valence-electron chi connectivity index (χ2n) is 15.4. The normalized spacial score (nSPS) is 16.7. The highest BCUT2D eigenvalue weighted by Crippen LogP contribution is 2.35. The molecule has 0 bridgehead atoms. The van der Waals surface area contributed by atoms with Crippen molar-refractivity contribution in [2.24, 2.45) is 0 Å². The zero-order chi connectivity index (χ0) is 34.2. The lowest BCUT2D eigenvalue weighted by molar-refractivity contribution is -0.870. The van der Waals surface area contributed by atoms with Crippen molar-refractivity contribution < 1.29 is 37.9 Å². The first-order valence-corrected chi connectivity index (χ1v) is 20.6. The molecular formula is C44H82INO2. The van der Waals surface area contributed by atoms with Crippen molar-refractivity contribution in [2.75, 3.05) is 34.3 Å². The largest absolute Gasteiger partial charge is 1.00 e. The van der Waals surface area contributed by atoms with Gasteiger partial charge in [0.05, 0.1) is 40.4 Å². The maximum atomic E-state index is 6.74. The molecule has 3 nitrogen and oxygen atoms in total. The molecule has 1 atom stereocenters. The van der Waals surface area contributed by atoms with E-state index in [2.05, 4.69) is 83.6 Å². The summed E-state index contributed by atoms with van der Waals surface area (Å²) in [6, 6.07) is 0. The zero-order valence-corrected chi connectivity index (χ0v) is 35.0. The van der Waals surface area contributed by atoms with Gasteiger partial charge in [0.2, 0.25) is 0 Å². The second kappa shape index (κ2) is 33.7. The van der Waals surface area contributed by atoms with Crippen molar-refractivity contribution in [3.05, 3.63) is 48.6 Å². The number of hydrogen-bond acceptors (Lipinski definition) is 2. The second-order valence-corrected chi connectivity index (χ2v) is 15.4. The van der Waals surface area contributed by atoms with E-state index in [1.54, 1.807) is 0 Å². The molecule has 0 saturated carbocycles. The molecule has 0 radical (unpaired) electrons. The van der Waals surface area contributed by atoms with Crippen LogP contribution in [-0.4, -0.2) is 50.7 Å². The average molecular weight is 784 g/mol. The Bertz CT molecular complexity index is 748. The average Bonchev–Trinajstić information content (AvgIpc) is 3.46. The Hall–Kier alpha value is -0.430. The van der Waals surface area contributed by atoms with E-state index in [9.17, 15) is 0 Å². The van der Waals surface area contributed by atoms with Gasteiger partial charge in [0.25, 0.3) is 0 Å². The lowest BCUT2D eigenvalue weighted by atomic mass is 9.98. The molecule has 4 heteroatoms. The van der Waals surface area contributed by atoms with Gasteiger partial charge in [0.15, 0.2) is 5.79 Å². The van der Waals surface area contributed by atoms with Crippen LogP contribution in [0.25, 0.3) is 0 Å². The van der Waals surface area contributed by atoms with Crippen LogP contribution in [0.15, 0.2) is 48.6 Å². The summed E-state index contributed by atoms with van der Waals surface area (Å²) in [6.45, 7) is 6.46. The van der Waals surface area contributed by atoms with Crippen molar-refractivity contribution >= 4 is 0 Å². The van der Waals surface area contributed by atoms with E-state index >= 15 is 0 Å². The summed E-state index contributed by atoms with van der Waals surface area (Å²) in [5, 5.41) is 0. The Kier molecular flexibility index (Phi) is 33.4. The lowest BCUT2D eigenvalue weighted by Gasteiger charge is -2.29. The fraction of sp³-hybridized carbons (Fsp3) is 0.818. The van der Waals surface area contributed by atoms with Crippen LogP contribution in [-0.2, 0) is 9.47 Å². The Labute approximate surface area is 318 Å². The van der Waals surface area contributed by atoms with Crippen LogP contribution in [0.1, 0.15) is 187 Å². The topological polar surface area (TPSA) is 18.5 Å². The molecule has 1 heterocycles. The lowest BCUT2D eigenvalue weighted by Crippen LogP contribution is -3.00. The van der Waals surface area contributed by atoms with Crippen molar-refractivity contribution in [2.45, 2.75) is 199 Å². The molecule has 0 spiro atoms. The fourth-order valence-corrected chi connectivity index (χ4v) is 6.44. The molecule has 1 rings (SSSR count). The van der Waals surface area contributed by atoms with E-state index in [0.29, 0.717) is 0 Å². The van der Waals surface area contributed by atoms with Crippen LogP contribution in [0.3, 0.4) is 0 Å². The first-order valence-electron chi connectivity index (χ1n) is 20.6. The van der Waals surface area contributed by atoms with Crippen LogP contribution in [0.5, 0.6) is 0 Å². The third-order valence-electron chi connectivity index (χ3n) is 9.55. The van der Waals surface area contributed by atoms with Crippen molar-refractivity contribution in [1.29, 1.82) is 0 Å². The van der Waals surface area contributed by atoms with Gasteiger partial charge in [0, 0.05) is 19.3 Å². The highest BCUT2D eigenvalue weighted by atomic mass is 127. The smallest absolute Gasteiger partial charge is 0.168 e. The standard InChI is InChI=1S/C44H82NO2.HI/c1-6-8-10-12-14-16-18-20-22-24-26-28-30-32-34-36-39-44(46-42-43(47-44)38-41-45(3,4)5)40-37-35-33-31-29-27-25-23-21-19-17-15-13-11-9-7-2;/h14-17,20-23,43H,6-13,18-19,24-42H2,1-5H3;1H/q+1;/p-1/b16-14-,17-15-,22-20-,23-21-;. The predicted molar refractivity (Wildman–Crippen MR) is 209 cm³/mol. The molecule has 1 saturated heterocycles. The summed E-state index contributed by atoms with van der Waals surface area (Å²) < 4.78 is 14.2. The summed E-state index contributed by atoms with van der Waals surface area (Å²) in [6.07, 6.45) is 53.4. The van der Waals surface area contributed by atoms with Gasteiger partial charge in [0.1, 0.15) is 0 Å². The number of rotatable bonds is 33. The molecule has 1 unspecified atom stereocenters. The summed E-state index contributed by atoms with van der Waals surface area (Å²) in [5.74, 6) is -0.319. The van der Waals surface area contributed by atoms with E-state index in [-0.39, 0.29) is 35.9 Å². The predicted octanol–water partition coefficient (Wildman–Crippen LogP) is 10.6. The van der Waals surface area contributed by atoms with Crippen LogP contribution >= 0.6 is 0 Å². The van der Waals surface area contributed by atoms with Crippen LogP contribution in [0.4, 0.5) is 0 Å². The summed E-state index contributed by atoms with van der Waals surface area (Å²) in [4.78, 5) is 0. The number of hydrogen-bond donors (Lipinski definition) is 0. The summed E-state index contributed by atoms with van der Waals surface area (Å²) in [7, 11) is 6.83. The molecule has 0 aliphatic carbocycles. The van der Waals surface area contributed by atoms with Gasteiger partial charge in [-0.3, -0.25) is 0 Å². The molecule has 1 aliphatic heterocycles. The maximum absolute atomic E-state index is 6.74. The SMILES string of the molecule is CCCCC/C=C\C/C=C\CCCCCCCCC1(CCCCCCCC/C=C\C/C=C\CCCCC)OCC(CC[N+](C)(C)C)O1.[I-]. The molecule has 0 aromatic rings. The zero-order valence-electron chi connectivity index (χ0n) is 32.8. The summed E-state index contributed by atoms with van der Waals surface area (Å²) >= 11 is 0. The van der Waals surface area contributed by atoms with E-state index in [1.165, 1.54) is 141 Å². The van der Waals surface area contributed by atoms with Gasteiger partial charge >= 0.3 is 0 Å². The van der Waals surface area contributed by atoms with E-state index in [4.69, 9.17) is 9.47 Å². The minimum atomic E-state index is -0.319. The molecule has 0 amide bonds. The molecule has 1 fully saturated rings. The van der Waals surface area contributed by atoms with E-state index in [0.717, 1.165) is 49.7 Å². The van der Waals surface area contributed by atoms with Crippen molar-refractivity contribution in [3.63, 3.8) is 0 Å². The Balaban J connectivity index is 0.0000221. The Morgan fingerprint density at radius 1 is 0.521 bits per heavy atom. The molecule has 0 N–H and O–H groups in total. The van der Waals surface area contributed by atoms with Gasteiger partial charge < -0.3 is 37.9 Å². The molecule has 0 aromatic heterocycles. The van der Waals surface area contributed by atoms with Gasteiger partial charge in [-0.15, -0.1) is 0 Å². The third-order valence-corrected chi connectivity index (χ3v) is 9.55. The van der Waals surface area contributed by atoms with Gasteiger partial charge in [-0.05, 0) is 77.0 Å². The number of ether oxygens (including phenoxy) is 2. The highest BCUT2D eigenvalue weighted by molar-refractivity contribution is 4.93. The third kappa shape index (κ3) is 30.4. The molecular weight excluding hydrogens is 701 g/mol. The Morgan fingerprint density at radius 2 is 0.896 bits per heavy atom. The first-order chi connectivity index (χ1) is 22.9. The van der Waals surface area contributed by atoms with Gasteiger partial charge in [-0.2, -0.15) is 0 Å². The number of allylic oxidation sites excluding steroid dienone is 8. The molecule has 282 valence electrons. The molecule has 1 aliphatic rings. The van der Waals surface area contributed by atoms with E-state index in [1.807, 2.05) is 0 Å². The number of nitrogens with zero attached hydrogens (tertiary/aromatic N) is 1. The highest BCUT2D eigenvalue weighted by Gasteiger charge is 2.40. The first kappa shape index (κ1) is 47.6. The van der Waals surface area contributed by atoms with Crippen molar-refractivity contribution in [1.82, 2.24) is 0 Å². The Morgan fingerprint density at radius 3 is 1.29 bits per heavy atom. The minimum Gasteiger partial charge on any atom is -1.00 e. The van der Waals surface area contributed by atoms with Gasteiger partial charge in [-0.25, -0.2) is 0 Å². The molecule has 0 aromatic carbocycles. The quantitative estimate of drug-likeness (QED) is 0.0286. The van der Waals surface area contributed by atoms with E-state index < -0.39 is 0 Å². The van der Waals surface area contributed by atoms with Crippen LogP contribution in [0.2, 0.25) is 0 Å². The number of quaternary nitrogens is 1. The monoisotopic (exact) mass is 784 g/mol. The van der Waals surface area contributed by atoms with Gasteiger partial charge in [-0.1, -0.05) is 140 Å². The summed E-state index contributed by atoms with van der Waals surface area (Å²) in [5.41, 5.74) is 0. The van der Waals surface area contributed by atoms with Crippen LogP contribution < -0.4 is 24.0 Å². The number of halogens is 1. The van der Waals surface area contributed by atoms with Crippen LogP contribution in [0, 0.1) is 0 Å². The number of unbranched alkanes of at least 4 members (excludes halogenated alkanes) is 18.